The van der Waals surface area contributed by atoms with Gasteiger partial charge in [-0.25, -0.2) is 0 Å². The van der Waals surface area contributed by atoms with E-state index in [1.165, 1.54) is 244 Å². The van der Waals surface area contributed by atoms with Gasteiger partial charge in [0.2, 0.25) is 5.91 Å². The highest BCUT2D eigenvalue weighted by atomic mass is 16.7. The number of aliphatic hydroxyl groups is 5. The van der Waals surface area contributed by atoms with Crippen LogP contribution in [0.4, 0.5) is 0 Å². The number of unbranched alkanes of at least 4 members (excludes halogenated alkanes) is 42. The minimum Gasteiger partial charge on any atom is -0.394 e. The van der Waals surface area contributed by atoms with Crippen LogP contribution in [-0.2, 0) is 14.3 Å². The predicted octanol–water partition coefficient (Wildman–Crippen LogP) is 14.6. The minimum atomic E-state index is -1.55. The summed E-state index contributed by atoms with van der Waals surface area (Å²) >= 11 is 0. The normalized spacial score (nSPS) is 19.5. The Morgan fingerprint density at radius 3 is 1.06 bits per heavy atom. The molecule has 0 radical (unpaired) electrons. The van der Waals surface area contributed by atoms with E-state index in [1.807, 2.05) is 0 Å². The molecule has 1 aliphatic heterocycles. The molecule has 1 saturated heterocycles. The molecule has 67 heavy (non-hydrogen) atoms. The van der Waals surface area contributed by atoms with Crippen LogP contribution in [0.1, 0.15) is 309 Å². The van der Waals surface area contributed by atoms with Crippen LogP contribution >= 0.6 is 0 Å². The van der Waals surface area contributed by atoms with E-state index in [0.29, 0.717) is 12.8 Å². The number of hydrogen-bond acceptors (Lipinski definition) is 8. The van der Waals surface area contributed by atoms with Crippen molar-refractivity contribution in [1.82, 2.24) is 5.32 Å². The molecule has 9 nitrogen and oxygen atoms in total. The molecule has 6 N–H and O–H groups in total. The summed E-state index contributed by atoms with van der Waals surface area (Å²) in [5.74, 6) is -0.137. The molecule has 0 spiro atoms. The number of aliphatic hydroxyl groups excluding tert-OH is 5. The Bertz CT molecular complexity index is 1020. The molecule has 1 amide bonds. The van der Waals surface area contributed by atoms with Gasteiger partial charge in [-0.1, -0.05) is 290 Å². The molecular formula is C58H115NO8. The topological polar surface area (TPSA) is 149 Å². The fraction of sp³-hybridized carbons (Fsp3) is 0.983. The zero-order valence-corrected chi connectivity index (χ0v) is 44.4. The SMILES string of the molecule is CCCCCCCCCCCCCCCCCCCCCCCCCCCCCCCC(O)C(COC1OC(CO)C(O)C(O)C1O)NC(=O)CCCCCCCCCCCCCCCCC. The summed E-state index contributed by atoms with van der Waals surface area (Å²) in [5, 5.41) is 54.7. The van der Waals surface area contributed by atoms with Crippen LogP contribution in [0.5, 0.6) is 0 Å². The molecule has 7 atom stereocenters. The van der Waals surface area contributed by atoms with Gasteiger partial charge in [-0.05, 0) is 12.8 Å². The molecule has 0 bridgehead atoms. The van der Waals surface area contributed by atoms with E-state index in [9.17, 15) is 30.3 Å². The minimum absolute atomic E-state index is 0.131. The van der Waals surface area contributed by atoms with E-state index < -0.39 is 49.5 Å². The number of nitrogens with one attached hydrogen (secondary N) is 1. The second kappa shape index (κ2) is 48.8. The summed E-state index contributed by atoms with van der Waals surface area (Å²) in [6, 6.07) is -0.713. The van der Waals surface area contributed by atoms with Crippen molar-refractivity contribution in [1.29, 1.82) is 0 Å². The first-order chi connectivity index (χ1) is 32.8. The van der Waals surface area contributed by atoms with Crippen LogP contribution in [0, 0.1) is 0 Å². The van der Waals surface area contributed by atoms with Gasteiger partial charge in [-0.3, -0.25) is 4.79 Å². The number of carbonyl (C=O) groups is 1. The van der Waals surface area contributed by atoms with Gasteiger partial charge in [0.25, 0.3) is 0 Å². The Morgan fingerprint density at radius 2 is 0.746 bits per heavy atom. The maximum absolute atomic E-state index is 13.0. The molecule has 400 valence electrons. The van der Waals surface area contributed by atoms with Crippen LogP contribution < -0.4 is 5.32 Å². The van der Waals surface area contributed by atoms with Crippen molar-refractivity contribution in [2.75, 3.05) is 13.2 Å². The summed E-state index contributed by atoms with van der Waals surface area (Å²) in [4.78, 5) is 13.0. The lowest BCUT2D eigenvalue weighted by Gasteiger charge is -2.40. The summed E-state index contributed by atoms with van der Waals surface area (Å²) in [5.41, 5.74) is 0. The molecular weight excluding hydrogens is 839 g/mol. The largest absolute Gasteiger partial charge is 0.394 e. The molecule has 0 aliphatic carbocycles. The Morgan fingerprint density at radius 1 is 0.448 bits per heavy atom. The predicted molar refractivity (Wildman–Crippen MR) is 281 cm³/mol. The number of ether oxygens (including phenoxy) is 2. The molecule has 1 aliphatic rings. The number of amides is 1. The summed E-state index contributed by atoms with van der Waals surface area (Å²) in [6.45, 7) is 3.88. The molecule has 0 aromatic heterocycles. The Hall–Kier alpha value is -0.810. The lowest BCUT2D eigenvalue weighted by Crippen LogP contribution is -2.60. The molecule has 1 heterocycles. The smallest absolute Gasteiger partial charge is 0.220 e. The second-order valence-corrected chi connectivity index (χ2v) is 21.2. The highest BCUT2D eigenvalue weighted by molar-refractivity contribution is 5.76. The fourth-order valence-electron chi connectivity index (χ4n) is 9.99. The van der Waals surface area contributed by atoms with Crippen molar-refractivity contribution in [3.05, 3.63) is 0 Å². The molecule has 7 unspecified atom stereocenters. The van der Waals surface area contributed by atoms with Gasteiger partial charge in [0.05, 0.1) is 25.4 Å². The molecule has 0 saturated carbocycles. The zero-order valence-electron chi connectivity index (χ0n) is 44.4. The van der Waals surface area contributed by atoms with Crippen LogP contribution in [0.25, 0.3) is 0 Å². The Kier molecular flexibility index (Phi) is 46.8. The first-order valence-corrected chi connectivity index (χ1v) is 29.7. The Balaban J connectivity index is 2.13. The maximum Gasteiger partial charge on any atom is 0.220 e. The average molecular weight is 955 g/mol. The van der Waals surface area contributed by atoms with Gasteiger partial charge in [0, 0.05) is 6.42 Å². The van der Waals surface area contributed by atoms with E-state index in [4.69, 9.17) is 9.47 Å². The number of carbonyl (C=O) groups excluding carboxylic acids is 1. The van der Waals surface area contributed by atoms with Crippen molar-refractivity contribution in [3.8, 4) is 0 Å². The third-order valence-electron chi connectivity index (χ3n) is 14.7. The summed E-state index contributed by atoms with van der Waals surface area (Å²) in [6.07, 6.45) is 51.4. The van der Waals surface area contributed by atoms with Crippen molar-refractivity contribution in [3.63, 3.8) is 0 Å². The Labute approximate surface area is 414 Å². The maximum atomic E-state index is 13.0. The molecule has 0 aromatic carbocycles. The van der Waals surface area contributed by atoms with Crippen LogP contribution in [0.3, 0.4) is 0 Å². The van der Waals surface area contributed by atoms with Crippen molar-refractivity contribution in [2.45, 2.75) is 352 Å². The highest BCUT2D eigenvalue weighted by Gasteiger charge is 2.44. The highest BCUT2D eigenvalue weighted by Crippen LogP contribution is 2.23. The zero-order chi connectivity index (χ0) is 48.7. The first kappa shape index (κ1) is 64.2. The molecule has 0 aromatic rings. The number of hydrogen-bond donors (Lipinski definition) is 6. The van der Waals surface area contributed by atoms with Crippen LogP contribution in [-0.4, -0.2) is 87.5 Å². The van der Waals surface area contributed by atoms with Crippen LogP contribution in [0.15, 0.2) is 0 Å². The van der Waals surface area contributed by atoms with Gasteiger partial charge in [0.15, 0.2) is 6.29 Å². The molecule has 1 fully saturated rings. The molecule has 9 heteroatoms. The first-order valence-electron chi connectivity index (χ1n) is 29.7. The van der Waals surface area contributed by atoms with Crippen molar-refractivity contribution < 1.29 is 39.8 Å². The summed E-state index contributed by atoms with van der Waals surface area (Å²) < 4.78 is 11.3. The van der Waals surface area contributed by atoms with E-state index in [2.05, 4.69) is 19.2 Å². The van der Waals surface area contributed by atoms with Gasteiger partial charge < -0.3 is 40.3 Å². The van der Waals surface area contributed by atoms with Crippen LogP contribution in [0.2, 0.25) is 0 Å². The van der Waals surface area contributed by atoms with Gasteiger partial charge in [-0.2, -0.15) is 0 Å². The summed E-state index contributed by atoms with van der Waals surface area (Å²) in [7, 11) is 0. The van der Waals surface area contributed by atoms with Crippen molar-refractivity contribution >= 4 is 5.91 Å². The third kappa shape index (κ3) is 38.5. The second-order valence-electron chi connectivity index (χ2n) is 21.2. The fourth-order valence-corrected chi connectivity index (χ4v) is 9.99. The number of rotatable bonds is 52. The molecule has 1 rings (SSSR count). The lowest BCUT2D eigenvalue weighted by molar-refractivity contribution is -0.302. The van der Waals surface area contributed by atoms with Gasteiger partial charge >= 0.3 is 0 Å². The standard InChI is InChI=1S/C58H115NO8/c1-3-5-7-9-11-13-15-17-19-20-21-22-23-24-25-26-27-28-29-30-31-32-34-35-37-39-41-43-45-47-52(61)51(50-66-58-57(65)56(64)55(63)53(49-60)67-58)59-54(62)48-46-44-42-40-38-36-33-18-16-14-12-10-8-6-4-2/h51-53,55-58,60-61,63-65H,3-50H2,1-2H3,(H,59,62). The van der Waals surface area contributed by atoms with Crippen molar-refractivity contribution in [2.24, 2.45) is 0 Å². The average Bonchev–Trinajstić information content (AvgIpc) is 3.33. The van der Waals surface area contributed by atoms with E-state index in [-0.39, 0.29) is 12.5 Å². The quantitative estimate of drug-likeness (QED) is 0.0330. The third-order valence-corrected chi connectivity index (χ3v) is 14.7. The lowest BCUT2D eigenvalue weighted by atomic mass is 9.99. The van der Waals surface area contributed by atoms with Gasteiger partial charge in [0.1, 0.15) is 24.4 Å². The van der Waals surface area contributed by atoms with E-state index >= 15 is 0 Å². The van der Waals surface area contributed by atoms with Gasteiger partial charge in [-0.15, -0.1) is 0 Å². The monoisotopic (exact) mass is 954 g/mol. The van der Waals surface area contributed by atoms with E-state index in [1.54, 1.807) is 0 Å². The van der Waals surface area contributed by atoms with E-state index in [0.717, 1.165) is 38.5 Å².